The van der Waals surface area contributed by atoms with Gasteiger partial charge in [-0.3, -0.25) is 4.79 Å². The van der Waals surface area contributed by atoms with Crippen molar-refractivity contribution in [3.05, 3.63) is 35.6 Å². The Kier molecular flexibility index (Phi) is 4.94. The van der Waals surface area contributed by atoms with Gasteiger partial charge in [-0.15, -0.1) is 0 Å². The van der Waals surface area contributed by atoms with Crippen LogP contribution in [0.2, 0.25) is 0 Å². The minimum absolute atomic E-state index is 0.258. The summed E-state index contributed by atoms with van der Waals surface area (Å²) >= 11 is 0. The lowest BCUT2D eigenvalue weighted by Gasteiger charge is -2.18. The number of halogens is 1. The average molecular weight is 293 g/mol. The van der Waals surface area contributed by atoms with Crippen LogP contribution in [0.25, 0.3) is 0 Å². The predicted molar refractivity (Wildman–Crippen MR) is 76.2 cm³/mol. The summed E-state index contributed by atoms with van der Waals surface area (Å²) in [5, 5.41) is 11.7. The summed E-state index contributed by atoms with van der Waals surface area (Å²) in [7, 11) is 0. The third-order valence-corrected chi connectivity index (χ3v) is 3.81. The van der Waals surface area contributed by atoms with Gasteiger partial charge in [0, 0.05) is 5.92 Å². The number of carbonyl (C=O) groups excluding carboxylic acids is 1. The molecule has 21 heavy (non-hydrogen) atoms. The van der Waals surface area contributed by atoms with Crippen LogP contribution in [-0.4, -0.2) is 23.0 Å². The number of benzene rings is 1. The van der Waals surface area contributed by atoms with E-state index in [1.165, 1.54) is 6.07 Å². The van der Waals surface area contributed by atoms with Gasteiger partial charge in [-0.05, 0) is 30.4 Å². The maximum atomic E-state index is 13.6. The second-order valence-corrected chi connectivity index (χ2v) is 5.78. The molecule has 0 aromatic heterocycles. The highest BCUT2D eigenvalue weighted by atomic mass is 19.1. The van der Waals surface area contributed by atoms with Crippen molar-refractivity contribution in [3.8, 4) is 0 Å². The Bertz CT molecular complexity index is 528. The number of aliphatic carboxylic acids is 1. The standard InChI is InChI=1S/C16H20FNO3/c1-10(8-12-4-2-3-5-13(12)17)15(19)18-14(16(20)21)9-11-6-7-11/h2-5,10-11,14H,6-9H2,1H3,(H,18,19)(H,20,21). The molecule has 0 heterocycles. The Hall–Kier alpha value is -1.91. The Morgan fingerprint density at radius 3 is 2.62 bits per heavy atom. The van der Waals surface area contributed by atoms with Crippen molar-refractivity contribution in [2.45, 2.75) is 38.6 Å². The van der Waals surface area contributed by atoms with Gasteiger partial charge in [0.05, 0.1) is 0 Å². The van der Waals surface area contributed by atoms with E-state index < -0.39 is 17.9 Å². The van der Waals surface area contributed by atoms with E-state index in [2.05, 4.69) is 5.32 Å². The number of carboxylic acid groups (broad SMARTS) is 1. The van der Waals surface area contributed by atoms with Crippen molar-refractivity contribution >= 4 is 11.9 Å². The summed E-state index contributed by atoms with van der Waals surface area (Å²) in [6, 6.07) is 5.47. The van der Waals surface area contributed by atoms with Crippen molar-refractivity contribution in [2.24, 2.45) is 11.8 Å². The number of carbonyl (C=O) groups is 2. The summed E-state index contributed by atoms with van der Waals surface area (Å²) in [6.45, 7) is 1.68. The van der Waals surface area contributed by atoms with E-state index in [1.54, 1.807) is 25.1 Å². The van der Waals surface area contributed by atoms with Crippen LogP contribution < -0.4 is 5.32 Å². The maximum Gasteiger partial charge on any atom is 0.326 e. The molecule has 1 amide bonds. The highest BCUT2D eigenvalue weighted by molar-refractivity contribution is 5.84. The van der Waals surface area contributed by atoms with E-state index >= 15 is 0 Å². The second-order valence-electron chi connectivity index (χ2n) is 5.78. The minimum atomic E-state index is -1.01. The first-order valence-corrected chi connectivity index (χ1v) is 7.24. The van der Waals surface area contributed by atoms with Gasteiger partial charge in [0.15, 0.2) is 0 Å². The van der Waals surface area contributed by atoms with Crippen LogP contribution in [-0.2, 0) is 16.0 Å². The number of carboxylic acids is 1. The zero-order valence-corrected chi connectivity index (χ0v) is 12.0. The first-order chi connectivity index (χ1) is 9.97. The third kappa shape index (κ3) is 4.55. The van der Waals surface area contributed by atoms with Crippen molar-refractivity contribution in [3.63, 3.8) is 0 Å². The zero-order chi connectivity index (χ0) is 15.4. The van der Waals surface area contributed by atoms with Crippen LogP contribution in [0.5, 0.6) is 0 Å². The zero-order valence-electron chi connectivity index (χ0n) is 12.0. The number of rotatable bonds is 7. The number of nitrogens with one attached hydrogen (secondary N) is 1. The largest absolute Gasteiger partial charge is 0.480 e. The summed E-state index contributed by atoms with van der Waals surface area (Å²) < 4.78 is 13.6. The smallest absolute Gasteiger partial charge is 0.326 e. The van der Waals surface area contributed by atoms with Crippen molar-refractivity contribution in [2.75, 3.05) is 0 Å². The molecule has 114 valence electrons. The normalized spacial score (nSPS) is 17.0. The summed E-state index contributed by atoms with van der Waals surface area (Å²) in [4.78, 5) is 23.2. The van der Waals surface area contributed by atoms with Gasteiger partial charge in [0.25, 0.3) is 0 Å². The monoisotopic (exact) mass is 293 g/mol. The Balaban J connectivity index is 1.91. The molecule has 1 aromatic rings. The van der Waals surface area contributed by atoms with Gasteiger partial charge in [-0.1, -0.05) is 38.0 Å². The van der Waals surface area contributed by atoms with E-state index in [9.17, 15) is 14.0 Å². The van der Waals surface area contributed by atoms with Crippen LogP contribution in [0.4, 0.5) is 4.39 Å². The second kappa shape index (κ2) is 6.70. The van der Waals surface area contributed by atoms with Gasteiger partial charge in [-0.2, -0.15) is 0 Å². The SMILES string of the molecule is CC(Cc1ccccc1F)C(=O)NC(CC1CC1)C(=O)O. The van der Waals surface area contributed by atoms with Gasteiger partial charge in [0.1, 0.15) is 11.9 Å². The van der Waals surface area contributed by atoms with Gasteiger partial charge < -0.3 is 10.4 Å². The Morgan fingerprint density at radius 2 is 2.05 bits per heavy atom. The molecule has 1 aromatic carbocycles. The molecule has 0 radical (unpaired) electrons. The van der Waals surface area contributed by atoms with E-state index in [1.807, 2.05) is 0 Å². The first-order valence-electron chi connectivity index (χ1n) is 7.24. The van der Waals surface area contributed by atoms with Crippen LogP contribution in [0.15, 0.2) is 24.3 Å². The Labute approximate surface area is 123 Å². The lowest BCUT2D eigenvalue weighted by atomic mass is 9.99. The summed E-state index contributed by atoms with van der Waals surface area (Å²) in [5.74, 6) is -1.75. The molecule has 5 heteroatoms. The van der Waals surface area contributed by atoms with Crippen molar-refractivity contribution < 1.29 is 19.1 Å². The average Bonchev–Trinajstić information content (AvgIpc) is 3.24. The molecular formula is C16H20FNO3. The molecule has 1 fully saturated rings. The van der Waals surface area contributed by atoms with E-state index in [-0.39, 0.29) is 18.1 Å². The van der Waals surface area contributed by atoms with Crippen LogP contribution in [0, 0.1) is 17.7 Å². The lowest BCUT2D eigenvalue weighted by Crippen LogP contribution is -2.43. The van der Waals surface area contributed by atoms with Crippen molar-refractivity contribution in [1.82, 2.24) is 5.32 Å². The fourth-order valence-corrected chi connectivity index (χ4v) is 2.31. The quantitative estimate of drug-likeness (QED) is 0.811. The van der Waals surface area contributed by atoms with Crippen LogP contribution in [0.3, 0.4) is 0 Å². The predicted octanol–water partition coefficient (Wildman–Crippen LogP) is 2.37. The number of hydrogen-bond acceptors (Lipinski definition) is 2. The molecular weight excluding hydrogens is 273 g/mol. The molecule has 2 unspecified atom stereocenters. The summed E-state index contributed by atoms with van der Waals surface area (Å²) in [5.41, 5.74) is 0.467. The fourth-order valence-electron chi connectivity index (χ4n) is 2.31. The molecule has 4 nitrogen and oxygen atoms in total. The van der Waals surface area contributed by atoms with E-state index in [0.717, 1.165) is 12.8 Å². The number of hydrogen-bond donors (Lipinski definition) is 2. The molecule has 0 saturated heterocycles. The van der Waals surface area contributed by atoms with Gasteiger partial charge in [0.2, 0.25) is 5.91 Å². The highest BCUT2D eigenvalue weighted by Gasteiger charge is 2.31. The molecule has 1 saturated carbocycles. The molecule has 1 aliphatic carbocycles. The minimum Gasteiger partial charge on any atom is -0.480 e. The molecule has 2 N–H and O–H groups in total. The molecule has 2 rings (SSSR count). The summed E-state index contributed by atoms with van der Waals surface area (Å²) in [6.07, 6.45) is 2.80. The highest BCUT2D eigenvalue weighted by Crippen LogP contribution is 2.33. The Morgan fingerprint density at radius 1 is 1.38 bits per heavy atom. The van der Waals surface area contributed by atoms with E-state index in [4.69, 9.17) is 5.11 Å². The molecule has 0 bridgehead atoms. The molecule has 2 atom stereocenters. The fraction of sp³-hybridized carbons (Fsp3) is 0.500. The van der Waals surface area contributed by atoms with Gasteiger partial charge >= 0.3 is 5.97 Å². The molecule has 1 aliphatic rings. The first kappa shape index (κ1) is 15.5. The number of amides is 1. The van der Waals surface area contributed by atoms with Crippen LogP contribution in [0.1, 0.15) is 31.7 Å². The molecule has 0 aliphatic heterocycles. The molecule has 0 spiro atoms. The lowest BCUT2D eigenvalue weighted by molar-refractivity contribution is -0.142. The van der Waals surface area contributed by atoms with Gasteiger partial charge in [-0.25, -0.2) is 9.18 Å². The maximum absolute atomic E-state index is 13.6. The van der Waals surface area contributed by atoms with Crippen LogP contribution >= 0.6 is 0 Å². The third-order valence-electron chi connectivity index (χ3n) is 3.81. The van der Waals surface area contributed by atoms with E-state index in [0.29, 0.717) is 17.9 Å². The topological polar surface area (TPSA) is 66.4 Å². The van der Waals surface area contributed by atoms with Crippen molar-refractivity contribution in [1.29, 1.82) is 0 Å².